The van der Waals surface area contributed by atoms with E-state index in [0.717, 1.165) is 53.7 Å². The van der Waals surface area contributed by atoms with Crippen LogP contribution in [0.3, 0.4) is 0 Å². The van der Waals surface area contributed by atoms with E-state index in [9.17, 15) is 0 Å². The van der Waals surface area contributed by atoms with Crippen LogP contribution >= 0.6 is 11.8 Å². The van der Waals surface area contributed by atoms with Gasteiger partial charge in [0.15, 0.2) is 11.0 Å². The highest BCUT2D eigenvalue weighted by Gasteiger charge is 2.22. The van der Waals surface area contributed by atoms with Gasteiger partial charge in [-0.2, -0.15) is 4.98 Å². The number of hydrogen-bond acceptors (Lipinski definition) is 8. The molecule has 8 nitrogen and oxygen atoms in total. The maximum atomic E-state index is 5.89. The highest BCUT2D eigenvalue weighted by atomic mass is 32.2. The van der Waals surface area contributed by atoms with Crippen molar-refractivity contribution in [1.29, 1.82) is 0 Å². The lowest BCUT2D eigenvalue weighted by molar-refractivity contribution is 0.0953. The SMILES string of the molecule is CCc1ccc(-c2noc(CSc3nnc(-c4ccc(OC)cc4)n3CC3CCCO3)n2)cc1. The van der Waals surface area contributed by atoms with Crippen LogP contribution in [0.25, 0.3) is 22.8 Å². The van der Waals surface area contributed by atoms with Crippen molar-refractivity contribution in [2.45, 2.75) is 49.7 Å². The Bertz CT molecular complexity index is 1210. The van der Waals surface area contributed by atoms with Crippen LogP contribution in [0.1, 0.15) is 31.2 Å². The minimum Gasteiger partial charge on any atom is -0.497 e. The molecule has 1 saturated heterocycles. The first kappa shape index (κ1) is 22.6. The Balaban J connectivity index is 1.34. The van der Waals surface area contributed by atoms with Crippen molar-refractivity contribution >= 4 is 11.8 Å². The van der Waals surface area contributed by atoms with Gasteiger partial charge < -0.3 is 14.0 Å². The zero-order valence-corrected chi connectivity index (χ0v) is 20.1. The van der Waals surface area contributed by atoms with E-state index in [2.05, 4.69) is 44.0 Å². The van der Waals surface area contributed by atoms with Gasteiger partial charge in [0.25, 0.3) is 0 Å². The number of methoxy groups -OCH3 is 1. The first-order chi connectivity index (χ1) is 16.7. The van der Waals surface area contributed by atoms with E-state index in [-0.39, 0.29) is 6.10 Å². The average molecular weight is 478 g/mol. The second kappa shape index (κ2) is 10.4. The molecule has 3 heterocycles. The number of nitrogens with zero attached hydrogens (tertiary/aromatic N) is 5. The molecule has 34 heavy (non-hydrogen) atoms. The van der Waals surface area contributed by atoms with Crippen LogP contribution in [0.2, 0.25) is 0 Å². The summed E-state index contributed by atoms with van der Waals surface area (Å²) in [5.74, 6) is 3.27. The maximum absolute atomic E-state index is 5.89. The monoisotopic (exact) mass is 477 g/mol. The van der Waals surface area contributed by atoms with E-state index in [4.69, 9.17) is 14.0 Å². The quantitative estimate of drug-likeness (QED) is 0.310. The third kappa shape index (κ3) is 5.00. The van der Waals surface area contributed by atoms with Crippen LogP contribution in [-0.2, 0) is 23.5 Å². The average Bonchev–Trinajstić information content (AvgIpc) is 3.65. The lowest BCUT2D eigenvalue weighted by Crippen LogP contribution is -2.16. The van der Waals surface area contributed by atoms with Crippen molar-refractivity contribution in [3.05, 3.63) is 60.0 Å². The first-order valence-electron chi connectivity index (χ1n) is 11.5. The molecular weight excluding hydrogens is 450 g/mol. The summed E-state index contributed by atoms with van der Waals surface area (Å²) in [5.41, 5.74) is 3.20. The molecule has 1 aliphatic heterocycles. The molecule has 1 aliphatic rings. The van der Waals surface area contributed by atoms with E-state index < -0.39 is 0 Å². The van der Waals surface area contributed by atoms with E-state index in [1.165, 1.54) is 17.3 Å². The summed E-state index contributed by atoms with van der Waals surface area (Å²) in [4.78, 5) is 4.57. The normalized spacial score (nSPS) is 15.6. The van der Waals surface area contributed by atoms with Gasteiger partial charge in [-0.15, -0.1) is 10.2 Å². The third-order valence-corrected chi connectivity index (χ3v) is 6.84. The van der Waals surface area contributed by atoms with Crippen LogP contribution in [0.5, 0.6) is 5.75 Å². The summed E-state index contributed by atoms with van der Waals surface area (Å²) < 4.78 is 18.8. The van der Waals surface area contributed by atoms with Crippen molar-refractivity contribution in [1.82, 2.24) is 24.9 Å². The summed E-state index contributed by atoms with van der Waals surface area (Å²) >= 11 is 1.53. The molecule has 0 saturated carbocycles. The maximum Gasteiger partial charge on any atom is 0.237 e. The molecule has 4 aromatic rings. The van der Waals surface area contributed by atoms with Crippen LogP contribution < -0.4 is 4.74 Å². The van der Waals surface area contributed by atoms with Crippen molar-refractivity contribution in [3.8, 4) is 28.5 Å². The van der Waals surface area contributed by atoms with Crippen LogP contribution in [0.4, 0.5) is 0 Å². The summed E-state index contributed by atoms with van der Waals surface area (Å²) in [6, 6.07) is 16.1. The van der Waals surface area contributed by atoms with Gasteiger partial charge in [-0.25, -0.2) is 0 Å². The van der Waals surface area contributed by atoms with Gasteiger partial charge in [0, 0.05) is 17.7 Å². The molecule has 9 heteroatoms. The topological polar surface area (TPSA) is 88.1 Å². The van der Waals surface area contributed by atoms with Crippen LogP contribution in [-0.4, -0.2) is 44.7 Å². The van der Waals surface area contributed by atoms with Gasteiger partial charge in [-0.1, -0.05) is 48.1 Å². The van der Waals surface area contributed by atoms with E-state index in [0.29, 0.717) is 24.0 Å². The Morgan fingerprint density at radius 1 is 1.06 bits per heavy atom. The molecule has 2 aromatic heterocycles. The van der Waals surface area contributed by atoms with Gasteiger partial charge in [0.2, 0.25) is 11.7 Å². The number of ether oxygens (including phenoxy) is 2. The predicted molar refractivity (Wildman–Crippen MR) is 130 cm³/mol. The van der Waals surface area contributed by atoms with Crippen LogP contribution in [0, 0.1) is 0 Å². The Morgan fingerprint density at radius 3 is 2.56 bits per heavy atom. The molecule has 2 aromatic carbocycles. The molecule has 0 amide bonds. The minimum absolute atomic E-state index is 0.161. The number of thioether (sulfide) groups is 1. The number of hydrogen-bond donors (Lipinski definition) is 0. The Labute approximate surface area is 202 Å². The minimum atomic E-state index is 0.161. The number of benzene rings is 2. The molecule has 176 valence electrons. The van der Waals surface area contributed by atoms with Crippen LogP contribution in [0.15, 0.2) is 58.2 Å². The molecular formula is C25H27N5O3S. The van der Waals surface area contributed by atoms with E-state index >= 15 is 0 Å². The van der Waals surface area contributed by atoms with Crippen molar-refractivity contribution < 1.29 is 14.0 Å². The van der Waals surface area contributed by atoms with E-state index in [1.54, 1.807) is 7.11 Å². The lowest BCUT2D eigenvalue weighted by Gasteiger charge is -2.14. The fraction of sp³-hybridized carbons (Fsp3) is 0.360. The molecule has 0 N–H and O–H groups in total. The van der Waals surface area contributed by atoms with E-state index in [1.807, 2.05) is 36.4 Å². The largest absolute Gasteiger partial charge is 0.497 e. The second-order valence-corrected chi connectivity index (χ2v) is 9.07. The summed E-state index contributed by atoms with van der Waals surface area (Å²) in [6.07, 6.45) is 3.28. The highest BCUT2D eigenvalue weighted by molar-refractivity contribution is 7.98. The van der Waals surface area contributed by atoms with Crippen molar-refractivity contribution in [3.63, 3.8) is 0 Å². The fourth-order valence-corrected chi connectivity index (χ4v) is 4.74. The Hall–Kier alpha value is -3.17. The molecule has 1 unspecified atom stereocenters. The summed E-state index contributed by atoms with van der Waals surface area (Å²) in [6.45, 7) is 3.64. The zero-order valence-electron chi connectivity index (χ0n) is 19.3. The number of aromatic nitrogens is 5. The molecule has 5 rings (SSSR count). The standard InChI is InChI=1S/C25H27N5O3S/c1-3-17-6-8-18(9-7-17)23-26-22(33-29-23)16-34-25-28-27-24(19-10-12-20(31-2)13-11-19)30(25)15-21-5-4-14-32-21/h6-13,21H,3-5,14-16H2,1-2H3. The molecule has 1 fully saturated rings. The van der Waals surface area contributed by atoms with Gasteiger partial charge in [-0.05, 0) is 49.1 Å². The molecule has 1 atom stereocenters. The Morgan fingerprint density at radius 2 is 1.85 bits per heavy atom. The van der Waals surface area contributed by atoms with Crippen molar-refractivity contribution in [2.75, 3.05) is 13.7 Å². The van der Waals surface area contributed by atoms with Gasteiger partial charge in [-0.3, -0.25) is 4.57 Å². The predicted octanol–water partition coefficient (Wildman–Crippen LogP) is 5.04. The second-order valence-electron chi connectivity index (χ2n) is 8.13. The first-order valence-corrected chi connectivity index (χ1v) is 12.5. The smallest absolute Gasteiger partial charge is 0.237 e. The number of rotatable bonds is 9. The Kier molecular flexibility index (Phi) is 6.92. The fourth-order valence-electron chi connectivity index (χ4n) is 3.95. The zero-order chi connectivity index (χ0) is 23.3. The lowest BCUT2D eigenvalue weighted by atomic mass is 10.1. The molecule has 0 spiro atoms. The molecule has 0 radical (unpaired) electrons. The van der Waals surface area contributed by atoms with Gasteiger partial charge in [0.1, 0.15) is 5.75 Å². The van der Waals surface area contributed by atoms with Gasteiger partial charge in [0.05, 0.1) is 25.5 Å². The molecule has 0 aliphatic carbocycles. The van der Waals surface area contributed by atoms with Gasteiger partial charge >= 0.3 is 0 Å². The molecule has 0 bridgehead atoms. The van der Waals surface area contributed by atoms with Crippen molar-refractivity contribution in [2.24, 2.45) is 0 Å². The third-order valence-electron chi connectivity index (χ3n) is 5.89. The summed E-state index contributed by atoms with van der Waals surface area (Å²) in [5, 5.41) is 13.9. The highest BCUT2D eigenvalue weighted by Crippen LogP contribution is 2.29. The number of aryl methyl sites for hydroxylation is 1. The summed E-state index contributed by atoms with van der Waals surface area (Å²) in [7, 11) is 1.66.